The summed E-state index contributed by atoms with van der Waals surface area (Å²) in [4.78, 5) is 23.0. The van der Waals surface area contributed by atoms with Gasteiger partial charge in [0.05, 0.1) is 11.1 Å². The van der Waals surface area contributed by atoms with Crippen molar-refractivity contribution < 1.29 is 19.8 Å². The zero-order valence-corrected chi connectivity index (χ0v) is 11.3. The van der Waals surface area contributed by atoms with Crippen molar-refractivity contribution in [2.45, 2.75) is 0 Å². The maximum atomic E-state index is 11.5. The predicted molar refractivity (Wildman–Crippen MR) is 81.7 cm³/mol. The van der Waals surface area contributed by atoms with Crippen molar-refractivity contribution in [2.75, 3.05) is 0 Å². The summed E-state index contributed by atoms with van der Waals surface area (Å²) in [5.41, 5.74) is 0.628. The fourth-order valence-electron chi connectivity index (χ4n) is 2.24. The summed E-state index contributed by atoms with van der Waals surface area (Å²) in [5.74, 6) is 2.34. The Morgan fingerprint density at radius 1 is 0.773 bits per heavy atom. The minimum Gasteiger partial charge on any atom is -0.478 e. The van der Waals surface area contributed by atoms with Gasteiger partial charge in [-0.25, -0.2) is 9.59 Å². The fourth-order valence-corrected chi connectivity index (χ4v) is 2.24. The predicted octanol–water partition coefficient (Wildman–Crippen LogP) is 2.71. The van der Waals surface area contributed by atoms with Gasteiger partial charge in [0.25, 0.3) is 0 Å². The number of rotatable bonds is 3. The summed E-state index contributed by atoms with van der Waals surface area (Å²) in [6, 6.07) is 8.80. The van der Waals surface area contributed by atoms with E-state index in [4.69, 9.17) is 12.8 Å². The van der Waals surface area contributed by atoms with Crippen molar-refractivity contribution in [1.82, 2.24) is 0 Å². The van der Waals surface area contributed by atoms with Crippen LogP contribution in [0, 0.1) is 24.7 Å². The summed E-state index contributed by atoms with van der Waals surface area (Å²) in [6.45, 7) is 0. The van der Waals surface area contributed by atoms with Gasteiger partial charge in [0.15, 0.2) is 0 Å². The van der Waals surface area contributed by atoms with Gasteiger partial charge in [-0.15, -0.1) is 12.8 Å². The van der Waals surface area contributed by atoms with E-state index in [1.54, 1.807) is 12.1 Å². The summed E-state index contributed by atoms with van der Waals surface area (Å²) >= 11 is 0. The van der Waals surface area contributed by atoms with Crippen molar-refractivity contribution in [3.8, 4) is 35.8 Å². The molecule has 22 heavy (non-hydrogen) atoms. The van der Waals surface area contributed by atoms with E-state index in [1.807, 2.05) is 0 Å². The van der Waals surface area contributed by atoms with Crippen LogP contribution in [0.2, 0.25) is 0 Å². The molecule has 2 rings (SSSR count). The molecule has 0 aliphatic carbocycles. The standard InChI is InChI=1S/C18H10O4/c1-3-11-7-5-9-13(17(19)20)15(11)16-12(4-2)8-6-10-14(16)18(21)22/h1-2,5-10H,(H,19,20)(H,21,22). The van der Waals surface area contributed by atoms with Crippen LogP contribution in [0.15, 0.2) is 36.4 Å². The van der Waals surface area contributed by atoms with Gasteiger partial charge < -0.3 is 10.2 Å². The van der Waals surface area contributed by atoms with E-state index in [-0.39, 0.29) is 33.4 Å². The number of hydrogen-bond donors (Lipinski definition) is 2. The third-order valence-electron chi connectivity index (χ3n) is 3.15. The van der Waals surface area contributed by atoms with Crippen molar-refractivity contribution >= 4 is 11.9 Å². The number of hydrogen-bond acceptors (Lipinski definition) is 2. The number of aromatic carboxylic acids is 2. The second kappa shape index (κ2) is 5.87. The van der Waals surface area contributed by atoms with E-state index in [1.165, 1.54) is 24.3 Å². The molecular formula is C18H10O4. The summed E-state index contributed by atoms with van der Waals surface area (Å²) in [6.07, 6.45) is 10.9. The second-order valence-electron chi connectivity index (χ2n) is 4.36. The minimum atomic E-state index is -1.21. The quantitative estimate of drug-likeness (QED) is 0.852. The van der Waals surface area contributed by atoms with Crippen molar-refractivity contribution in [2.24, 2.45) is 0 Å². The molecule has 106 valence electrons. The van der Waals surface area contributed by atoms with Crippen LogP contribution < -0.4 is 0 Å². The van der Waals surface area contributed by atoms with E-state index in [0.29, 0.717) is 0 Å². The molecule has 0 bridgehead atoms. The van der Waals surface area contributed by atoms with Gasteiger partial charge in [0, 0.05) is 22.3 Å². The average molecular weight is 290 g/mol. The Bertz CT molecular complexity index is 790. The lowest BCUT2D eigenvalue weighted by atomic mass is 9.88. The molecule has 0 atom stereocenters. The van der Waals surface area contributed by atoms with Crippen molar-refractivity contribution in [3.63, 3.8) is 0 Å². The SMILES string of the molecule is C#Cc1cccc(C(=O)O)c1-c1c(C#C)cccc1C(=O)O. The Labute approximate surface area is 127 Å². The van der Waals surface area contributed by atoms with Gasteiger partial charge in [0.1, 0.15) is 0 Å². The Morgan fingerprint density at radius 3 is 1.41 bits per heavy atom. The number of carboxylic acids is 2. The van der Waals surface area contributed by atoms with E-state index in [2.05, 4.69) is 11.8 Å². The fraction of sp³-hybridized carbons (Fsp3) is 0. The summed E-state index contributed by atoms with van der Waals surface area (Å²) in [5, 5.41) is 18.7. The summed E-state index contributed by atoms with van der Waals surface area (Å²) in [7, 11) is 0. The van der Waals surface area contributed by atoms with Crippen LogP contribution in [0.4, 0.5) is 0 Å². The molecule has 0 radical (unpaired) electrons. The number of carboxylic acid groups (broad SMARTS) is 2. The maximum Gasteiger partial charge on any atom is 0.336 e. The molecule has 0 saturated carbocycles. The van der Waals surface area contributed by atoms with Crippen LogP contribution in [0.3, 0.4) is 0 Å². The highest BCUT2D eigenvalue weighted by Gasteiger charge is 2.22. The number of carbonyl (C=O) groups is 2. The van der Waals surface area contributed by atoms with Gasteiger partial charge in [-0.2, -0.15) is 0 Å². The first-order valence-electron chi connectivity index (χ1n) is 6.17. The first kappa shape index (κ1) is 14.9. The third-order valence-corrected chi connectivity index (χ3v) is 3.15. The summed E-state index contributed by atoms with van der Waals surface area (Å²) < 4.78 is 0. The molecular weight excluding hydrogens is 280 g/mol. The third kappa shape index (κ3) is 2.42. The van der Waals surface area contributed by atoms with Crippen LogP contribution in [0.5, 0.6) is 0 Å². The maximum absolute atomic E-state index is 11.5. The van der Waals surface area contributed by atoms with Gasteiger partial charge in [-0.1, -0.05) is 24.0 Å². The Kier molecular flexibility index (Phi) is 3.97. The van der Waals surface area contributed by atoms with Crippen LogP contribution in [-0.2, 0) is 0 Å². The van der Waals surface area contributed by atoms with Crippen LogP contribution in [0.1, 0.15) is 31.8 Å². The zero-order chi connectivity index (χ0) is 16.3. The topological polar surface area (TPSA) is 74.6 Å². The monoisotopic (exact) mass is 290 g/mol. The first-order chi connectivity index (χ1) is 10.5. The molecule has 0 fully saturated rings. The molecule has 0 spiro atoms. The smallest absolute Gasteiger partial charge is 0.336 e. The van der Waals surface area contributed by atoms with Crippen molar-refractivity contribution in [3.05, 3.63) is 58.7 Å². The normalized spacial score (nSPS) is 9.55. The molecule has 0 heterocycles. The molecule has 0 aliphatic rings. The van der Waals surface area contributed by atoms with Crippen molar-refractivity contribution in [1.29, 1.82) is 0 Å². The molecule has 0 saturated heterocycles. The lowest BCUT2D eigenvalue weighted by Gasteiger charge is -2.14. The van der Waals surface area contributed by atoms with Crippen LogP contribution in [-0.4, -0.2) is 22.2 Å². The number of terminal acetylenes is 2. The van der Waals surface area contributed by atoms with Gasteiger partial charge in [-0.3, -0.25) is 0 Å². The number of benzene rings is 2. The molecule has 2 aromatic carbocycles. The van der Waals surface area contributed by atoms with E-state index < -0.39 is 11.9 Å². The van der Waals surface area contributed by atoms with E-state index in [0.717, 1.165) is 0 Å². The Hall–Kier alpha value is -3.50. The molecule has 4 nitrogen and oxygen atoms in total. The highest BCUT2D eigenvalue weighted by molar-refractivity contribution is 6.05. The Balaban J connectivity index is 3.01. The average Bonchev–Trinajstić information content (AvgIpc) is 2.52. The highest BCUT2D eigenvalue weighted by atomic mass is 16.4. The largest absolute Gasteiger partial charge is 0.478 e. The molecule has 2 aromatic rings. The molecule has 2 N–H and O–H groups in total. The lowest BCUT2D eigenvalue weighted by Crippen LogP contribution is -2.07. The Morgan fingerprint density at radius 2 is 1.14 bits per heavy atom. The molecule has 4 heteroatoms. The first-order valence-corrected chi connectivity index (χ1v) is 6.17. The molecule has 0 amide bonds. The van der Waals surface area contributed by atoms with Gasteiger partial charge in [-0.05, 0) is 24.3 Å². The second-order valence-corrected chi connectivity index (χ2v) is 4.36. The minimum absolute atomic E-state index is 0.0966. The highest BCUT2D eigenvalue weighted by Crippen LogP contribution is 2.33. The molecule has 0 aromatic heterocycles. The molecule has 0 aliphatic heterocycles. The zero-order valence-electron chi connectivity index (χ0n) is 11.3. The molecule has 0 unspecified atom stereocenters. The van der Waals surface area contributed by atoms with Crippen LogP contribution in [0.25, 0.3) is 11.1 Å². The van der Waals surface area contributed by atoms with Gasteiger partial charge in [0.2, 0.25) is 0 Å². The van der Waals surface area contributed by atoms with Gasteiger partial charge >= 0.3 is 11.9 Å². The van der Waals surface area contributed by atoms with Crippen LogP contribution >= 0.6 is 0 Å². The lowest BCUT2D eigenvalue weighted by molar-refractivity contribution is 0.0684. The van der Waals surface area contributed by atoms with E-state index >= 15 is 0 Å². The van der Waals surface area contributed by atoms with E-state index in [9.17, 15) is 19.8 Å².